The summed E-state index contributed by atoms with van der Waals surface area (Å²) in [5, 5.41) is 14.2. The number of esters is 1. The van der Waals surface area contributed by atoms with E-state index in [1.54, 1.807) is 13.0 Å². The van der Waals surface area contributed by atoms with Gasteiger partial charge in [-0.2, -0.15) is 0 Å². The molecule has 0 heterocycles. The summed E-state index contributed by atoms with van der Waals surface area (Å²) in [6, 6.07) is 9.28. The van der Waals surface area contributed by atoms with Gasteiger partial charge >= 0.3 is 5.97 Å². The first-order valence-electron chi connectivity index (χ1n) is 8.96. The molecule has 0 saturated carbocycles. The van der Waals surface area contributed by atoms with Crippen LogP contribution in [-0.2, 0) is 22.5 Å². The third kappa shape index (κ3) is 6.13. The highest BCUT2D eigenvalue weighted by atomic mass is 35.5. The largest absolute Gasteiger partial charge is 0.508 e. The zero-order valence-corrected chi connectivity index (χ0v) is 17.3. The second-order valence-electron chi connectivity index (χ2n) is 6.67. The van der Waals surface area contributed by atoms with Crippen molar-refractivity contribution in [3.63, 3.8) is 0 Å². The first kappa shape index (κ1) is 21.5. The Balaban J connectivity index is 2.11. The number of halogens is 2. The van der Waals surface area contributed by atoms with Crippen LogP contribution >= 0.6 is 23.2 Å². The van der Waals surface area contributed by atoms with E-state index in [4.69, 9.17) is 27.9 Å². The molecule has 0 aliphatic rings. The van der Waals surface area contributed by atoms with Gasteiger partial charge in [-0.3, -0.25) is 4.79 Å². The normalized spacial score (nSPS) is 11.0. The van der Waals surface area contributed by atoms with Crippen molar-refractivity contribution in [1.29, 1.82) is 0 Å². The van der Waals surface area contributed by atoms with Crippen LogP contribution in [0.1, 0.15) is 48.9 Å². The van der Waals surface area contributed by atoms with Gasteiger partial charge in [-0.05, 0) is 53.3 Å². The first-order valence-corrected chi connectivity index (χ1v) is 9.72. The van der Waals surface area contributed by atoms with E-state index in [0.717, 1.165) is 22.3 Å². The molecule has 0 aromatic heterocycles. The molecule has 146 valence electrons. The Labute approximate surface area is 170 Å². The van der Waals surface area contributed by atoms with Crippen molar-refractivity contribution in [3.05, 3.63) is 62.6 Å². The van der Waals surface area contributed by atoms with Crippen molar-refractivity contribution >= 4 is 29.2 Å². The number of hydrogen-bond donors (Lipinski definition) is 2. The highest BCUT2D eigenvalue weighted by Crippen LogP contribution is 2.31. The summed E-state index contributed by atoms with van der Waals surface area (Å²) in [4.78, 5) is 11.4. The van der Waals surface area contributed by atoms with E-state index in [1.807, 2.05) is 38.1 Å². The lowest BCUT2D eigenvalue weighted by Gasteiger charge is -2.13. The average Bonchev–Trinajstić information content (AvgIpc) is 2.59. The predicted octanol–water partition coefficient (Wildman–Crippen LogP) is 5.07. The maximum absolute atomic E-state index is 11.4. The summed E-state index contributed by atoms with van der Waals surface area (Å²) in [7, 11) is 0. The molecule has 2 N–H and O–H groups in total. The molecule has 0 fully saturated rings. The third-order valence-electron chi connectivity index (χ3n) is 4.20. The van der Waals surface area contributed by atoms with E-state index in [9.17, 15) is 9.90 Å². The lowest BCUT2D eigenvalue weighted by Crippen LogP contribution is -2.24. The fourth-order valence-corrected chi connectivity index (χ4v) is 3.49. The minimum Gasteiger partial charge on any atom is -0.508 e. The van der Waals surface area contributed by atoms with Crippen LogP contribution in [0.2, 0.25) is 10.0 Å². The summed E-state index contributed by atoms with van der Waals surface area (Å²) in [6.07, 6.45) is 0.578. The first-order chi connectivity index (χ1) is 12.8. The minimum atomic E-state index is -0.292. The number of nitrogens with one attached hydrogen (secondary N) is 1. The summed E-state index contributed by atoms with van der Waals surface area (Å²) < 4.78 is 4.88. The highest BCUT2D eigenvalue weighted by molar-refractivity contribution is 6.36. The Hall–Kier alpha value is -1.75. The summed E-state index contributed by atoms with van der Waals surface area (Å²) in [6.45, 7) is 6.82. The SMILES string of the molecule is CCOC(=O)CNCc1cc(Cl)c(Cc2ccc(O)c(C(C)C)c2)c(Cl)c1. The van der Waals surface area contributed by atoms with Crippen molar-refractivity contribution in [1.82, 2.24) is 5.32 Å². The van der Waals surface area contributed by atoms with Gasteiger partial charge < -0.3 is 15.2 Å². The van der Waals surface area contributed by atoms with Gasteiger partial charge in [0, 0.05) is 23.0 Å². The van der Waals surface area contributed by atoms with E-state index in [2.05, 4.69) is 5.32 Å². The number of aromatic hydroxyl groups is 1. The van der Waals surface area contributed by atoms with E-state index < -0.39 is 0 Å². The molecule has 2 aromatic carbocycles. The molecule has 0 aliphatic heterocycles. The quantitative estimate of drug-likeness (QED) is 0.597. The standard InChI is InChI=1S/C21H25Cl2NO3/c1-4-27-21(26)12-24-11-15-9-18(22)17(19(23)10-15)8-14-5-6-20(25)16(7-14)13(2)3/h5-7,9-10,13,24-25H,4,8,11-12H2,1-3H3. The molecule has 0 atom stereocenters. The van der Waals surface area contributed by atoms with E-state index >= 15 is 0 Å². The van der Waals surface area contributed by atoms with Gasteiger partial charge in [-0.25, -0.2) is 0 Å². The Bertz CT molecular complexity index is 783. The molecule has 4 nitrogen and oxygen atoms in total. The average molecular weight is 410 g/mol. The fourth-order valence-electron chi connectivity index (χ4n) is 2.83. The zero-order chi connectivity index (χ0) is 20.0. The number of rotatable bonds is 8. The lowest BCUT2D eigenvalue weighted by atomic mass is 9.96. The van der Waals surface area contributed by atoms with Crippen LogP contribution in [0.25, 0.3) is 0 Å². The molecule has 0 unspecified atom stereocenters. The Morgan fingerprint density at radius 3 is 2.41 bits per heavy atom. The smallest absolute Gasteiger partial charge is 0.319 e. The summed E-state index contributed by atoms with van der Waals surface area (Å²) in [5.41, 5.74) is 3.67. The Kier molecular flexibility index (Phi) is 7.96. The van der Waals surface area contributed by atoms with E-state index in [-0.39, 0.29) is 18.4 Å². The topological polar surface area (TPSA) is 58.6 Å². The maximum atomic E-state index is 11.4. The van der Waals surface area contributed by atoms with Crippen LogP contribution in [0, 0.1) is 0 Å². The van der Waals surface area contributed by atoms with Gasteiger partial charge in [-0.1, -0.05) is 49.2 Å². The highest BCUT2D eigenvalue weighted by Gasteiger charge is 2.12. The second-order valence-corrected chi connectivity index (χ2v) is 7.49. The molecule has 6 heteroatoms. The van der Waals surface area contributed by atoms with Crippen molar-refractivity contribution in [3.8, 4) is 5.75 Å². The van der Waals surface area contributed by atoms with Crippen LogP contribution < -0.4 is 5.32 Å². The molecule has 0 bridgehead atoms. The minimum absolute atomic E-state index is 0.135. The number of phenols is 1. The molecule has 0 radical (unpaired) electrons. The Morgan fingerprint density at radius 1 is 1.15 bits per heavy atom. The van der Waals surface area contributed by atoms with Crippen molar-refractivity contribution in [2.45, 2.75) is 39.7 Å². The molecule has 0 spiro atoms. The van der Waals surface area contributed by atoms with Crippen LogP contribution in [0.5, 0.6) is 5.75 Å². The molecular weight excluding hydrogens is 385 g/mol. The van der Waals surface area contributed by atoms with Crippen LogP contribution in [0.15, 0.2) is 30.3 Å². The van der Waals surface area contributed by atoms with Crippen molar-refractivity contribution < 1.29 is 14.6 Å². The third-order valence-corrected chi connectivity index (χ3v) is 4.87. The summed E-state index contributed by atoms with van der Waals surface area (Å²) >= 11 is 12.9. The molecular formula is C21H25Cl2NO3. The van der Waals surface area contributed by atoms with Crippen LogP contribution in [0.3, 0.4) is 0 Å². The van der Waals surface area contributed by atoms with Crippen LogP contribution in [0.4, 0.5) is 0 Å². The summed E-state index contributed by atoms with van der Waals surface area (Å²) in [5.74, 6) is 0.234. The second kappa shape index (κ2) is 9.98. The van der Waals surface area contributed by atoms with Gasteiger partial charge in [0.05, 0.1) is 13.2 Å². The Morgan fingerprint density at radius 2 is 1.81 bits per heavy atom. The van der Waals surface area contributed by atoms with Crippen molar-refractivity contribution in [2.75, 3.05) is 13.2 Å². The number of ether oxygens (including phenoxy) is 1. The zero-order valence-electron chi connectivity index (χ0n) is 15.8. The molecule has 2 rings (SSSR count). The number of benzene rings is 2. The molecule has 0 amide bonds. The van der Waals surface area contributed by atoms with Gasteiger partial charge in [0.1, 0.15) is 5.75 Å². The fraction of sp³-hybridized carbons (Fsp3) is 0.381. The number of carbonyl (C=O) groups is 1. The number of carbonyl (C=O) groups excluding carboxylic acids is 1. The predicted molar refractivity (Wildman–Crippen MR) is 110 cm³/mol. The molecule has 0 saturated heterocycles. The number of hydrogen-bond acceptors (Lipinski definition) is 4. The van der Waals surface area contributed by atoms with Gasteiger partial charge in [-0.15, -0.1) is 0 Å². The molecule has 27 heavy (non-hydrogen) atoms. The lowest BCUT2D eigenvalue weighted by molar-refractivity contribution is -0.142. The molecule has 0 aliphatic carbocycles. The molecule has 2 aromatic rings. The van der Waals surface area contributed by atoms with Crippen LogP contribution in [-0.4, -0.2) is 24.2 Å². The van der Waals surface area contributed by atoms with Crippen molar-refractivity contribution in [2.24, 2.45) is 0 Å². The van der Waals surface area contributed by atoms with E-state index in [0.29, 0.717) is 35.4 Å². The van der Waals surface area contributed by atoms with Gasteiger partial charge in [0.25, 0.3) is 0 Å². The maximum Gasteiger partial charge on any atom is 0.319 e. The monoisotopic (exact) mass is 409 g/mol. The number of phenolic OH excluding ortho intramolecular Hbond substituents is 1. The van der Waals surface area contributed by atoms with Gasteiger partial charge in [0.15, 0.2) is 0 Å². The van der Waals surface area contributed by atoms with Gasteiger partial charge in [0.2, 0.25) is 0 Å². The van der Waals surface area contributed by atoms with E-state index in [1.165, 1.54) is 0 Å².